The third kappa shape index (κ3) is 5.19. The van der Waals surface area contributed by atoms with Crippen LogP contribution in [0.2, 0.25) is 0 Å². The van der Waals surface area contributed by atoms with Gasteiger partial charge in [-0.25, -0.2) is 4.39 Å². The van der Waals surface area contributed by atoms with Crippen LogP contribution in [0.3, 0.4) is 0 Å². The predicted molar refractivity (Wildman–Crippen MR) is 109 cm³/mol. The van der Waals surface area contributed by atoms with Gasteiger partial charge >= 0.3 is 0 Å². The van der Waals surface area contributed by atoms with Gasteiger partial charge in [0, 0.05) is 18.7 Å². The molecule has 3 rings (SSSR count). The number of halogens is 1. The quantitative estimate of drug-likeness (QED) is 0.603. The van der Waals surface area contributed by atoms with Crippen LogP contribution in [-0.4, -0.2) is 32.0 Å². The van der Waals surface area contributed by atoms with E-state index in [-0.39, 0.29) is 24.6 Å². The summed E-state index contributed by atoms with van der Waals surface area (Å²) in [5.41, 5.74) is 2.45. The lowest BCUT2D eigenvalue weighted by Crippen LogP contribution is -2.35. The fourth-order valence-electron chi connectivity index (χ4n) is 2.81. The van der Waals surface area contributed by atoms with Crippen molar-refractivity contribution in [2.75, 3.05) is 20.2 Å². The van der Waals surface area contributed by atoms with Gasteiger partial charge in [-0.15, -0.1) is 0 Å². The van der Waals surface area contributed by atoms with Crippen molar-refractivity contribution in [3.05, 3.63) is 89.7 Å². The molecule has 0 heterocycles. The molecule has 29 heavy (non-hydrogen) atoms. The van der Waals surface area contributed by atoms with E-state index in [2.05, 4.69) is 10.6 Å². The lowest BCUT2D eigenvalue weighted by atomic mass is 10.0. The third-order valence-electron chi connectivity index (χ3n) is 4.36. The average molecular weight is 392 g/mol. The van der Waals surface area contributed by atoms with Crippen LogP contribution < -0.4 is 15.4 Å². The molecule has 148 valence electrons. The van der Waals surface area contributed by atoms with E-state index in [9.17, 15) is 14.0 Å². The second-order valence-corrected chi connectivity index (χ2v) is 6.30. The van der Waals surface area contributed by atoms with Gasteiger partial charge < -0.3 is 15.4 Å². The van der Waals surface area contributed by atoms with Gasteiger partial charge in [0.05, 0.1) is 12.7 Å². The van der Waals surface area contributed by atoms with Gasteiger partial charge in [0.15, 0.2) is 0 Å². The first-order valence-electron chi connectivity index (χ1n) is 9.14. The van der Waals surface area contributed by atoms with Crippen molar-refractivity contribution in [2.45, 2.75) is 0 Å². The standard InChI is InChI=1S/C23H21FN2O3/c1-29-19-6-4-5-18(15-19)16-9-11-17(12-10-16)22(27)25-13-14-26-23(28)20-7-2-3-8-21(20)24/h2-12,15H,13-14H2,1H3,(H,25,27)(H,26,28). The van der Waals surface area contributed by atoms with Gasteiger partial charge in [0.1, 0.15) is 11.6 Å². The fraction of sp³-hybridized carbons (Fsp3) is 0.130. The molecule has 0 aromatic heterocycles. The van der Waals surface area contributed by atoms with E-state index in [1.807, 2.05) is 36.4 Å². The predicted octanol–water partition coefficient (Wildman–Crippen LogP) is 3.66. The number of nitrogens with one attached hydrogen (secondary N) is 2. The monoisotopic (exact) mass is 392 g/mol. The minimum absolute atomic E-state index is 0.0213. The van der Waals surface area contributed by atoms with Crippen LogP contribution in [0.5, 0.6) is 5.75 Å². The van der Waals surface area contributed by atoms with Crippen molar-refractivity contribution in [3.63, 3.8) is 0 Å². The number of carbonyl (C=O) groups excluding carboxylic acids is 2. The Balaban J connectivity index is 1.51. The van der Waals surface area contributed by atoms with E-state index < -0.39 is 11.7 Å². The Bertz CT molecular complexity index is 1000. The van der Waals surface area contributed by atoms with E-state index in [1.165, 1.54) is 18.2 Å². The maximum atomic E-state index is 13.6. The molecule has 0 aliphatic rings. The fourth-order valence-corrected chi connectivity index (χ4v) is 2.81. The molecular weight excluding hydrogens is 371 g/mol. The number of benzene rings is 3. The second-order valence-electron chi connectivity index (χ2n) is 6.30. The molecule has 0 fully saturated rings. The maximum Gasteiger partial charge on any atom is 0.254 e. The first-order valence-corrected chi connectivity index (χ1v) is 9.14. The summed E-state index contributed by atoms with van der Waals surface area (Å²) in [5, 5.41) is 5.31. The smallest absolute Gasteiger partial charge is 0.254 e. The molecule has 0 radical (unpaired) electrons. The highest BCUT2D eigenvalue weighted by Crippen LogP contribution is 2.24. The number of methoxy groups -OCH3 is 1. The number of ether oxygens (including phenoxy) is 1. The minimum atomic E-state index is -0.579. The van der Waals surface area contributed by atoms with Crippen molar-refractivity contribution in [1.29, 1.82) is 0 Å². The topological polar surface area (TPSA) is 67.4 Å². The van der Waals surface area contributed by atoms with Gasteiger partial charge in [-0.3, -0.25) is 9.59 Å². The van der Waals surface area contributed by atoms with E-state index in [0.29, 0.717) is 5.56 Å². The molecule has 0 spiro atoms. The first-order chi connectivity index (χ1) is 14.1. The van der Waals surface area contributed by atoms with Gasteiger partial charge in [-0.1, -0.05) is 36.4 Å². The van der Waals surface area contributed by atoms with Crippen LogP contribution in [0.15, 0.2) is 72.8 Å². The molecule has 2 N–H and O–H groups in total. The Morgan fingerprint density at radius 3 is 2.21 bits per heavy atom. The summed E-state index contributed by atoms with van der Waals surface area (Å²) in [6.07, 6.45) is 0. The number of carbonyl (C=O) groups is 2. The van der Waals surface area contributed by atoms with Crippen LogP contribution >= 0.6 is 0 Å². The largest absolute Gasteiger partial charge is 0.497 e. The number of hydrogen-bond acceptors (Lipinski definition) is 3. The van der Waals surface area contributed by atoms with Gasteiger partial charge in [0.2, 0.25) is 0 Å². The highest BCUT2D eigenvalue weighted by molar-refractivity contribution is 5.95. The average Bonchev–Trinajstić information content (AvgIpc) is 2.77. The summed E-state index contributed by atoms with van der Waals surface area (Å²) < 4.78 is 18.8. The zero-order valence-electron chi connectivity index (χ0n) is 15.9. The maximum absolute atomic E-state index is 13.6. The van der Waals surface area contributed by atoms with E-state index >= 15 is 0 Å². The van der Waals surface area contributed by atoms with Gasteiger partial charge in [0.25, 0.3) is 11.8 Å². The highest BCUT2D eigenvalue weighted by Gasteiger charge is 2.10. The molecule has 5 nitrogen and oxygen atoms in total. The zero-order chi connectivity index (χ0) is 20.6. The summed E-state index contributed by atoms with van der Waals surface area (Å²) >= 11 is 0. The molecule has 0 saturated heterocycles. The molecule has 2 amide bonds. The highest BCUT2D eigenvalue weighted by atomic mass is 19.1. The molecular formula is C23H21FN2O3. The Labute approximate surface area is 168 Å². The minimum Gasteiger partial charge on any atom is -0.497 e. The molecule has 0 aliphatic heterocycles. The molecule has 0 unspecified atom stereocenters. The second kappa shape index (κ2) is 9.50. The molecule has 0 aliphatic carbocycles. The van der Waals surface area contributed by atoms with E-state index in [1.54, 1.807) is 25.3 Å². The summed E-state index contributed by atoms with van der Waals surface area (Å²) in [6.45, 7) is 0.428. The molecule has 0 saturated carbocycles. The summed E-state index contributed by atoms with van der Waals surface area (Å²) in [7, 11) is 1.62. The van der Waals surface area contributed by atoms with Crippen molar-refractivity contribution >= 4 is 11.8 Å². The SMILES string of the molecule is COc1cccc(-c2ccc(C(=O)NCCNC(=O)c3ccccc3F)cc2)c1. The van der Waals surface area contributed by atoms with Crippen molar-refractivity contribution < 1.29 is 18.7 Å². The van der Waals surface area contributed by atoms with E-state index in [0.717, 1.165) is 16.9 Å². The third-order valence-corrected chi connectivity index (χ3v) is 4.36. The number of hydrogen-bond donors (Lipinski definition) is 2. The van der Waals surface area contributed by atoms with Crippen LogP contribution in [0, 0.1) is 5.82 Å². The van der Waals surface area contributed by atoms with Crippen molar-refractivity contribution in [1.82, 2.24) is 10.6 Å². The van der Waals surface area contributed by atoms with Crippen molar-refractivity contribution in [3.8, 4) is 16.9 Å². The molecule has 3 aromatic carbocycles. The van der Waals surface area contributed by atoms with Crippen LogP contribution in [0.1, 0.15) is 20.7 Å². The van der Waals surface area contributed by atoms with Crippen LogP contribution in [0.4, 0.5) is 4.39 Å². The Morgan fingerprint density at radius 2 is 1.52 bits per heavy atom. The zero-order valence-corrected chi connectivity index (χ0v) is 15.9. The van der Waals surface area contributed by atoms with Crippen molar-refractivity contribution in [2.24, 2.45) is 0 Å². The number of amides is 2. The van der Waals surface area contributed by atoms with Gasteiger partial charge in [-0.05, 0) is 47.5 Å². The van der Waals surface area contributed by atoms with E-state index in [4.69, 9.17) is 4.74 Å². The summed E-state index contributed by atoms with van der Waals surface area (Å²) in [6, 6.07) is 20.6. The number of rotatable bonds is 7. The lowest BCUT2D eigenvalue weighted by molar-refractivity contribution is 0.0925. The Kier molecular flexibility index (Phi) is 6.58. The summed E-state index contributed by atoms with van der Waals surface area (Å²) in [5.74, 6) is -0.575. The summed E-state index contributed by atoms with van der Waals surface area (Å²) in [4.78, 5) is 24.2. The van der Waals surface area contributed by atoms with Crippen LogP contribution in [0.25, 0.3) is 11.1 Å². The molecule has 0 bridgehead atoms. The normalized spacial score (nSPS) is 10.3. The Morgan fingerprint density at radius 1 is 0.828 bits per heavy atom. The Hall–Kier alpha value is -3.67. The lowest BCUT2D eigenvalue weighted by Gasteiger charge is -2.09. The molecule has 3 aromatic rings. The molecule has 0 atom stereocenters. The van der Waals surface area contributed by atoms with Gasteiger partial charge in [-0.2, -0.15) is 0 Å². The van der Waals surface area contributed by atoms with Crippen LogP contribution in [-0.2, 0) is 0 Å². The molecule has 6 heteroatoms. The first kappa shape index (κ1) is 20.1.